The Labute approximate surface area is 110 Å². The second-order valence-electron chi connectivity index (χ2n) is 5.07. The summed E-state index contributed by atoms with van der Waals surface area (Å²) in [5.74, 6) is 0. The van der Waals surface area contributed by atoms with Gasteiger partial charge in [0.2, 0.25) is 0 Å². The summed E-state index contributed by atoms with van der Waals surface area (Å²) >= 11 is 1.24. The molecular weight excluding hydrogens is 259 g/mol. The maximum atomic E-state index is 13.0. The summed E-state index contributed by atoms with van der Waals surface area (Å²) in [6.45, 7) is 6.14. The molecule has 0 radical (unpaired) electrons. The monoisotopic (exact) mass is 277 g/mol. The van der Waals surface area contributed by atoms with E-state index in [4.69, 9.17) is 0 Å². The van der Waals surface area contributed by atoms with Gasteiger partial charge in [0.1, 0.15) is 0 Å². The van der Waals surface area contributed by atoms with E-state index >= 15 is 0 Å². The van der Waals surface area contributed by atoms with Crippen molar-refractivity contribution in [3.05, 3.63) is 29.3 Å². The average Bonchev–Trinajstić information content (AvgIpc) is 2.17. The van der Waals surface area contributed by atoms with Gasteiger partial charge in [0.25, 0.3) is 0 Å². The molecule has 0 aliphatic heterocycles. The van der Waals surface area contributed by atoms with Crippen molar-refractivity contribution in [2.24, 2.45) is 0 Å². The molecule has 0 fully saturated rings. The molecule has 0 aliphatic carbocycles. The number of nitrogens with one attached hydrogen (secondary N) is 1. The fraction of sp³-hybridized carbons (Fsp3) is 0.538. The zero-order chi connectivity index (χ0) is 14.0. The Morgan fingerprint density at radius 3 is 2.22 bits per heavy atom. The summed E-state index contributed by atoms with van der Waals surface area (Å²) in [6.07, 6.45) is -4.31. The molecule has 1 aromatic carbocycles. The number of hydrogen-bond acceptors (Lipinski definition) is 2. The van der Waals surface area contributed by atoms with Gasteiger partial charge in [-0.25, -0.2) is 0 Å². The molecule has 5 heteroatoms. The Morgan fingerprint density at radius 1 is 1.17 bits per heavy atom. The predicted octanol–water partition coefficient (Wildman–Crippen LogP) is 4.32. The molecule has 1 aromatic rings. The fourth-order valence-electron chi connectivity index (χ4n) is 1.53. The van der Waals surface area contributed by atoms with Crippen LogP contribution >= 0.6 is 11.8 Å². The van der Waals surface area contributed by atoms with Crippen molar-refractivity contribution in [2.45, 2.75) is 43.1 Å². The first-order chi connectivity index (χ1) is 8.13. The second kappa shape index (κ2) is 5.53. The Bertz CT molecular complexity index is 408. The molecule has 0 amide bonds. The molecule has 18 heavy (non-hydrogen) atoms. The van der Waals surface area contributed by atoms with Crippen molar-refractivity contribution in [1.29, 1.82) is 0 Å². The average molecular weight is 277 g/mol. The van der Waals surface area contributed by atoms with Crippen molar-refractivity contribution < 1.29 is 13.2 Å². The molecule has 0 saturated carbocycles. The van der Waals surface area contributed by atoms with Gasteiger partial charge < -0.3 is 5.32 Å². The van der Waals surface area contributed by atoms with Crippen LogP contribution in [-0.4, -0.2) is 11.8 Å². The molecule has 0 spiro atoms. The Hall–Kier alpha value is -0.680. The molecule has 0 aromatic heterocycles. The maximum absolute atomic E-state index is 13.0. The van der Waals surface area contributed by atoms with E-state index in [-0.39, 0.29) is 9.64 Å². The first-order valence-corrected chi connectivity index (χ1v) is 6.49. The second-order valence-corrected chi connectivity index (χ2v) is 6.94. The molecule has 0 bridgehead atoms. The number of alkyl halides is 3. The fourth-order valence-corrected chi connectivity index (χ4v) is 2.61. The summed E-state index contributed by atoms with van der Waals surface area (Å²) in [6, 6.07) is 4.52. The largest absolute Gasteiger partial charge is 0.417 e. The van der Waals surface area contributed by atoms with Crippen LogP contribution in [0.2, 0.25) is 0 Å². The van der Waals surface area contributed by atoms with Crippen LogP contribution in [0.25, 0.3) is 0 Å². The third kappa shape index (κ3) is 4.53. The molecular formula is C13H18F3NS. The van der Waals surface area contributed by atoms with Crippen LogP contribution in [0.3, 0.4) is 0 Å². The van der Waals surface area contributed by atoms with Crippen molar-refractivity contribution >= 4 is 11.8 Å². The quantitative estimate of drug-likeness (QED) is 0.826. The normalized spacial score (nSPS) is 12.8. The zero-order valence-corrected chi connectivity index (χ0v) is 11.8. The summed E-state index contributed by atoms with van der Waals surface area (Å²) < 4.78 is 38.8. The summed E-state index contributed by atoms with van der Waals surface area (Å²) in [5, 5.41) is 2.86. The van der Waals surface area contributed by atoms with Crippen LogP contribution < -0.4 is 5.32 Å². The van der Waals surface area contributed by atoms with Crippen LogP contribution in [-0.2, 0) is 12.7 Å². The summed E-state index contributed by atoms with van der Waals surface area (Å²) in [5.41, 5.74) is 0.0956. The van der Waals surface area contributed by atoms with Gasteiger partial charge in [0.05, 0.1) is 5.56 Å². The molecule has 0 saturated heterocycles. The van der Waals surface area contributed by atoms with Crippen molar-refractivity contribution in [3.8, 4) is 0 Å². The Balaban J connectivity index is 3.17. The lowest BCUT2D eigenvalue weighted by molar-refractivity contribution is -0.139. The van der Waals surface area contributed by atoms with Gasteiger partial charge in [-0.1, -0.05) is 26.8 Å². The molecule has 102 valence electrons. The molecule has 0 heterocycles. The standard InChI is InChI=1S/C13H18F3NS/c1-12(2,3)18-11-6-5-9(8-17-4)7-10(11)13(14,15)16/h5-7,17H,8H2,1-4H3. The minimum absolute atomic E-state index is 0.246. The van der Waals surface area contributed by atoms with Gasteiger partial charge in [-0.3, -0.25) is 0 Å². The molecule has 0 aliphatic rings. The summed E-state index contributed by atoms with van der Waals surface area (Å²) in [4.78, 5) is 0.287. The highest BCUT2D eigenvalue weighted by Crippen LogP contribution is 2.41. The third-order valence-corrected chi connectivity index (χ3v) is 3.33. The summed E-state index contributed by atoms with van der Waals surface area (Å²) in [7, 11) is 1.71. The Morgan fingerprint density at radius 2 is 1.78 bits per heavy atom. The minimum atomic E-state index is -4.31. The minimum Gasteiger partial charge on any atom is -0.316 e. The van der Waals surface area contributed by atoms with E-state index in [2.05, 4.69) is 5.32 Å². The molecule has 1 rings (SSSR count). The first kappa shape index (κ1) is 15.4. The highest BCUT2D eigenvalue weighted by Gasteiger charge is 2.34. The first-order valence-electron chi connectivity index (χ1n) is 5.67. The number of halogens is 3. The lowest BCUT2D eigenvalue weighted by Gasteiger charge is -2.21. The Kier molecular flexibility index (Phi) is 4.72. The van der Waals surface area contributed by atoms with Crippen LogP contribution in [0.4, 0.5) is 13.2 Å². The lowest BCUT2D eigenvalue weighted by atomic mass is 10.1. The van der Waals surface area contributed by atoms with Gasteiger partial charge in [-0.05, 0) is 24.7 Å². The third-order valence-electron chi connectivity index (χ3n) is 2.15. The SMILES string of the molecule is CNCc1ccc(SC(C)(C)C)c(C(F)(F)F)c1. The van der Waals surface area contributed by atoms with E-state index in [0.717, 1.165) is 0 Å². The number of benzene rings is 1. The number of rotatable bonds is 3. The van der Waals surface area contributed by atoms with Gasteiger partial charge >= 0.3 is 6.18 Å². The molecule has 1 nitrogen and oxygen atoms in total. The highest BCUT2D eigenvalue weighted by atomic mass is 32.2. The predicted molar refractivity (Wildman–Crippen MR) is 69.8 cm³/mol. The lowest BCUT2D eigenvalue weighted by Crippen LogP contribution is -2.13. The van der Waals surface area contributed by atoms with E-state index in [1.54, 1.807) is 19.2 Å². The van der Waals surface area contributed by atoms with E-state index < -0.39 is 11.7 Å². The van der Waals surface area contributed by atoms with Crippen molar-refractivity contribution in [3.63, 3.8) is 0 Å². The van der Waals surface area contributed by atoms with Gasteiger partial charge in [0.15, 0.2) is 0 Å². The van der Waals surface area contributed by atoms with Gasteiger partial charge in [0, 0.05) is 16.2 Å². The smallest absolute Gasteiger partial charge is 0.316 e. The molecule has 0 unspecified atom stereocenters. The van der Waals surface area contributed by atoms with Crippen LogP contribution in [0, 0.1) is 0 Å². The molecule has 1 N–H and O–H groups in total. The van der Waals surface area contributed by atoms with E-state index in [1.165, 1.54) is 17.8 Å². The van der Waals surface area contributed by atoms with E-state index in [9.17, 15) is 13.2 Å². The topological polar surface area (TPSA) is 12.0 Å². The van der Waals surface area contributed by atoms with Gasteiger partial charge in [-0.2, -0.15) is 13.2 Å². The number of thioether (sulfide) groups is 1. The van der Waals surface area contributed by atoms with Crippen LogP contribution in [0.1, 0.15) is 31.9 Å². The van der Waals surface area contributed by atoms with E-state index in [1.807, 2.05) is 20.8 Å². The highest BCUT2D eigenvalue weighted by molar-refractivity contribution is 8.00. The van der Waals surface area contributed by atoms with Crippen molar-refractivity contribution in [1.82, 2.24) is 5.32 Å². The van der Waals surface area contributed by atoms with Crippen LogP contribution in [0.5, 0.6) is 0 Å². The maximum Gasteiger partial charge on any atom is 0.417 e. The number of hydrogen-bond donors (Lipinski definition) is 1. The molecule has 0 atom stereocenters. The van der Waals surface area contributed by atoms with Crippen molar-refractivity contribution in [2.75, 3.05) is 7.05 Å². The zero-order valence-electron chi connectivity index (χ0n) is 11.0. The van der Waals surface area contributed by atoms with E-state index in [0.29, 0.717) is 12.1 Å². The van der Waals surface area contributed by atoms with Crippen LogP contribution in [0.15, 0.2) is 23.1 Å². The van der Waals surface area contributed by atoms with Gasteiger partial charge in [-0.15, -0.1) is 11.8 Å².